The Morgan fingerprint density at radius 1 is 1.00 bits per heavy atom. The lowest BCUT2D eigenvalue weighted by atomic mass is 9.94. The number of carbonyl (C=O) groups excluding carboxylic acids is 1. The number of aliphatic carboxylic acids is 1. The molecule has 0 radical (unpaired) electrons. The van der Waals surface area contributed by atoms with E-state index in [4.69, 9.17) is 5.11 Å². The van der Waals surface area contributed by atoms with E-state index in [1.54, 1.807) is 24.3 Å². The number of rotatable bonds is 7. The van der Waals surface area contributed by atoms with Crippen LogP contribution in [0.25, 0.3) is 0 Å². The molecule has 0 aromatic heterocycles. The van der Waals surface area contributed by atoms with Gasteiger partial charge in [-0.3, -0.25) is 14.3 Å². The van der Waals surface area contributed by atoms with Crippen molar-refractivity contribution in [2.24, 2.45) is 5.41 Å². The fourth-order valence-corrected chi connectivity index (χ4v) is 3.16. The van der Waals surface area contributed by atoms with E-state index in [0.717, 1.165) is 5.56 Å². The predicted octanol–water partition coefficient (Wildman–Crippen LogP) is 2.64. The number of hydrogen-bond acceptors (Lipinski definition) is 4. The summed E-state index contributed by atoms with van der Waals surface area (Å²) in [6, 6.07) is 12.3. The summed E-state index contributed by atoms with van der Waals surface area (Å²) in [7, 11) is -3.77. The number of carbonyl (C=O) groups is 2. The molecule has 0 atom stereocenters. The van der Waals surface area contributed by atoms with Gasteiger partial charge in [0.05, 0.1) is 10.3 Å². The van der Waals surface area contributed by atoms with Crippen LogP contribution in [0, 0.1) is 12.3 Å². The van der Waals surface area contributed by atoms with Crippen LogP contribution < -0.4 is 10.0 Å². The Kier molecular flexibility index (Phi) is 5.90. The number of carboxylic acids is 1. The van der Waals surface area contributed by atoms with Crippen LogP contribution in [0.3, 0.4) is 0 Å². The molecule has 7 nitrogen and oxygen atoms in total. The van der Waals surface area contributed by atoms with Gasteiger partial charge in [-0.2, -0.15) is 0 Å². The summed E-state index contributed by atoms with van der Waals surface area (Å²) in [6.45, 7) is 4.86. The molecule has 2 aromatic rings. The van der Waals surface area contributed by atoms with Crippen molar-refractivity contribution in [1.29, 1.82) is 0 Å². The first-order chi connectivity index (χ1) is 12.5. The SMILES string of the molecule is Cc1ccc(NS(=O)(=O)c2ccc(C(=O)NCC(C)(C)C(=O)O)cc2)cc1. The summed E-state index contributed by atoms with van der Waals surface area (Å²) in [5.41, 5.74) is 0.597. The molecular weight excluding hydrogens is 368 g/mol. The molecule has 0 bridgehead atoms. The van der Waals surface area contributed by atoms with E-state index in [9.17, 15) is 18.0 Å². The van der Waals surface area contributed by atoms with Gasteiger partial charge >= 0.3 is 5.97 Å². The van der Waals surface area contributed by atoms with Gasteiger partial charge in [0.2, 0.25) is 0 Å². The third-order valence-corrected chi connectivity index (χ3v) is 5.40. The van der Waals surface area contributed by atoms with Gasteiger partial charge in [0.25, 0.3) is 15.9 Å². The van der Waals surface area contributed by atoms with Crippen molar-refractivity contribution in [3.63, 3.8) is 0 Å². The van der Waals surface area contributed by atoms with Crippen LogP contribution in [0.2, 0.25) is 0 Å². The van der Waals surface area contributed by atoms with Crippen LogP contribution in [-0.4, -0.2) is 31.9 Å². The first kappa shape index (κ1) is 20.4. The molecule has 0 aliphatic heterocycles. The molecule has 0 saturated carbocycles. The molecule has 0 aliphatic carbocycles. The lowest BCUT2D eigenvalue weighted by Gasteiger charge is -2.19. The minimum atomic E-state index is -3.77. The molecule has 0 spiro atoms. The summed E-state index contributed by atoms with van der Waals surface area (Å²) in [5, 5.41) is 11.6. The molecular formula is C19H22N2O5S. The molecule has 0 heterocycles. The van der Waals surface area contributed by atoms with Crippen molar-refractivity contribution in [2.45, 2.75) is 25.7 Å². The van der Waals surface area contributed by atoms with Crippen molar-refractivity contribution >= 4 is 27.6 Å². The maximum absolute atomic E-state index is 12.4. The number of sulfonamides is 1. The normalized spacial score (nSPS) is 11.7. The molecule has 2 rings (SSSR count). The highest BCUT2D eigenvalue weighted by molar-refractivity contribution is 7.92. The highest BCUT2D eigenvalue weighted by atomic mass is 32.2. The van der Waals surface area contributed by atoms with Crippen LogP contribution in [0.4, 0.5) is 5.69 Å². The zero-order valence-corrected chi connectivity index (χ0v) is 16.1. The first-order valence-corrected chi connectivity index (χ1v) is 9.71. The van der Waals surface area contributed by atoms with E-state index in [1.807, 2.05) is 6.92 Å². The topological polar surface area (TPSA) is 113 Å². The summed E-state index contributed by atoms with van der Waals surface area (Å²) in [5.74, 6) is -1.49. The maximum Gasteiger partial charge on any atom is 0.310 e. The lowest BCUT2D eigenvalue weighted by molar-refractivity contribution is -0.146. The quantitative estimate of drug-likeness (QED) is 0.673. The Bertz CT molecular complexity index is 933. The van der Waals surface area contributed by atoms with E-state index >= 15 is 0 Å². The second kappa shape index (κ2) is 7.79. The summed E-state index contributed by atoms with van der Waals surface area (Å²) >= 11 is 0. The van der Waals surface area contributed by atoms with Gasteiger partial charge in [0, 0.05) is 17.8 Å². The van der Waals surface area contributed by atoms with Gasteiger partial charge in [-0.25, -0.2) is 8.42 Å². The summed E-state index contributed by atoms with van der Waals surface area (Å²) < 4.78 is 27.3. The van der Waals surface area contributed by atoms with Crippen molar-refractivity contribution in [3.05, 3.63) is 59.7 Å². The Morgan fingerprint density at radius 3 is 2.07 bits per heavy atom. The number of anilines is 1. The van der Waals surface area contributed by atoms with Crippen LogP contribution in [0.15, 0.2) is 53.4 Å². The predicted molar refractivity (Wildman–Crippen MR) is 102 cm³/mol. The Morgan fingerprint density at radius 2 is 1.56 bits per heavy atom. The largest absolute Gasteiger partial charge is 0.481 e. The van der Waals surface area contributed by atoms with E-state index in [2.05, 4.69) is 10.0 Å². The molecule has 3 N–H and O–H groups in total. The minimum Gasteiger partial charge on any atom is -0.481 e. The fourth-order valence-electron chi connectivity index (χ4n) is 2.10. The molecule has 0 fully saturated rings. The average molecular weight is 390 g/mol. The van der Waals surface area contributed by atoms with Crippen LogP contribution in [0.5, 0.6) is 0 Å². The van der Waals surface area contributed by atoms with Gasteiger partial charge in [-0.05, 0) is 57.2 Å². The van der Waals surface area contributed by atoms with Crippen molar-refractivity contribution < 1.29 is 23.1 Å². The standard InChI is InChI=1S/C19H22N2O5S/c1-13-4-8-15(9-5-13)21-27(25,26)16-10-6-14(7-11-16)17(22)20-12-19(2,3)18(23)24/h4-11,21H,12H2,1-3H3,(H,20,22)(H,23,24). The van der Waals surface area contributed by atoms with Crippen LogP contribution in [-0.2, 0) is 14.8 Å². The number of nitrogens with one attached hydrogen (secondary N) is 2. The molecule has 2 aromatic carbocycles. The van der Waals surface area contributed by atoms with Crippen LogP contribution in [0.1, 0.15) is 29.8 Å². The Labute approximate surface area is 158 Å². The third kappa shape index (κ3) is 5.30. The highest BCUT2D eigenvalue weighted by Gasteiger charge is 2.27. The molecule has 0 aliphatic rings. The van der Waals surface area contributed by atoms with Crippen molar-refractivity contribution in [1.82, 2.24) is 5.32 Å². The maximum atomic E-state index is 12.4. The number of aryl methyl sites for hydroxylation is 1. The second-order valence-electron chi connectivity index (χ2n) is 6.87. The second-order valence-corrected chi connectivity index (χ2v) is 8.55. The van der Waals surface area contributed by atoms with Gasteiger partial charge in [0.15, 0.2) is 0 Å². The molecule has 0 saturated heterocycles. The van der Waals surface area contributed by atoms with Gasteiger partial charge in [0.1, 0.15) is 0 Å². The Balaban J connectivity index is 2.08. The van der Waals surface area contributed by atoms with Crippen molar-refractivity contribution in [2.75, 3.05) is 11.3 Å². The zero-order chi connectivity index (χ0) is 20.2. The lowest BCUT2D eigenvalue weighted by Crippen LogP contribution is -2.38. The van der Waals surface area contributed by atoms with E-state index in [0.29, 0.717) is 5.69 Å². The number of benzene rings is 2. The smallest absolute Gasteiger partial charge is 0.310 e. The molecule has 8 heteroatoms. The molecule has 144 valence electrons. The minimum absolute atomic E-state index is 0.0190. The van der Waals surface area contributed by atoms with Gasteiger partial charge in [-0.15, -0.1) is 0 Å². The van der Waals surface area contributed by atoms with E-state index < -0.39 is 27.3 Å². The average Bonchev–Trinajstić information content (AvgIpc) is 2.61. The summed E-state index contributed by atoms with van der Waals surface area (Å²) in [6.07, 6.45) is 0. The van der Waals surface area contributed by atoms with Crippen molar-refractivity contribution in [3.8, 4) is 0 Å². The highest BCUT2D eigenvalue weighted by Crippen LogP contribution is 2.18. The molecule has 27 heavy (non-hydrogen) atoms. The number of carboxylic acid groups (broad SMARTS) is 1. The summed E-state index contributed by atoms with van der Waals surface area (Å²) in [4.78, 5) is 23.2. The van der Waals surface area contributed by atoms with E-state index in [1.165, 1.54) is 38.1 Å². The van der Waals surface area contributed by atoms with Crippen LogP contribution >= 0.6 is 0 Å². The zero-order valence-electron chi connectivity index (χ0n) is 15.3. The fraction of sp³-hybridized carbons (Fsp3) is 0.263. The number of amides is 1. The first-order valence-electron chi connectivity index (χ1n) is 8.22. The third-order valence-electron chi connectivity index (χ3n) is 4.00. The monoisotopic (exact) mass is 390 g/mol. The molecule has 1 amide bonds. The Hall–Kier alpha value is -2.87. The molecule has 0 unspecified atom stereocenters. The van der Waals surface area contributed by atoms with Gasteiger partial charge < -0.3 is 10.4 Å². The van der Waals surface area contributed by atoms with Gasteiger partial charge in [-0.1, -0.05) is 17.7 Å². The number of hydrogen-bond donors (Lipinski definition) is 3. The van der Waals surface area contributed by atoms with E-state index in [-0.39, 0.29) is 17.0 Å².